The highest BCUT2D eigenvalue weighted by molar-refractivity contribution is 6.09. The normalized spacial score (nSPS) is 14.1. The molecule has 0 atom stereocenters. The molecule has 0 saturated carbocycles. The van der Waals surface area contributed by atoms with E-state index >= 15 is 0 Å². The van der Waals surface area contributed by atoms with Gasteiger partial charge in [0.1, 0.15) is 0 Å². The van der Waals surface area contributed by atoms with Crippen molar-refractivity contribution < 1.29 is 9.59 Å². The van der Waals surface area contributed by atoms with Gasteiger partial charge in [-0.15, -0.1) is 0 Å². The standard InChI is InChI=1S/C29H35N5O2/c1-4-33(5-2)27(36)16-12-23-11-15-25-29(31-23)28(26(35)20-32-17-7-6-8-18-32)21(3)34(25)24-13-9-22(19-30)10-14-24/h9-11,13-15H,4-8,12,16-18,20H2,1-3H3. The van der Waals surface area contributed by atoms with Crippen molar-refractivity contribution in [1.29, 1.82) is 5.26 Å². The van der Waals surface area contributed by atoms with Crippen LogP contribution in [0.25, 0.3) is 16.7 Å². The molecule has 1 amide bonds. The van der Waals surface area contributed by atoms with Crippen LogP contribution >= 0.6 is 0 Å². The molecule has 0 radical (unpaired) electrons. The third-order valence-corrected chi connectivity index (χ3v) is 7.17. The van der Waals surface area contributed by atoms with E-state index in [4.69, 9.17) is 4.98 Å². The third kappa shape index (κ3) is 5.34. The number of piperidine rings is 1. The molecule has 1 aliphatic heterocycles. The molecule has 0 bridgehead atoms. The third-order valence-electron chi connectivity index (χ3n) is 7.17. The lowest BCUT2D eigenvalue weighted by atomic mass is 10.1. The average Bonchev–Trinajstić information content (AvgIpc) is 3.19. The zero-order valence-corrected chi connectivity index (χ0v) is 21.6. The Morgan fingerprint density at radius 3 is 2.36 bits per heavy atom. The van der Waals surface area contributed by atoms with Gasteiger partial charge in [0.2, 0.25) is 5.91 Å². The molecule has 1 fully saturated rings. The smallest absolute Gasteiger partial charge is 0.222 e. The highest BCUT2D eigenvalue weighted by Crippen LogP contribution is 2.29. The second kappa shape index (κ2) is 11.5. The number of hydrogen-bond acceptors (Lipinski definition) is 5. The van der Waals surface area contributed by atoms with Gasteiger partial charge in [0.25, 0.3) is 0 Å². The number of likely N-dealkylation sites (tertiary alicyclic amines) is 1. The van der Waals surface area contributed by atoms with Crippen molar-refractivity contribution in [2.24, 2.45) is 0 Å². The number of nitriles is 1. The molecule has 4 rings (SSSR count). The van der Waals surface area contributed by atoms with Crippen LogP contribution in [0.4, 0.5) is 0 Å². The highest BCUT2D eigenvalue weighted by Gasteiger charge is 2.25. The maximum absolute atomic E-state index is 13.6. The SMILES string of the molecule is CCN(CC)C(=O)CCc1ccc2c(n1)c(C(=O)CN1CCCCC1)c(C)n2-c1ccc(C#N)cc1. The average molecular weight is 486 g/mol. The van der Waals surface area contributed by atoms with Gasteiger partial charge >= 0.3 is 0 Å². The Bertz CT molecular complexity index is 1280. The van der Waals surface area contributed by atoms with Crippen molar-refractivity contribution in [3.63, 3.8) is 0 Å². The first-order valence-electron chi connectivity index (χ1n) is 13.0. The number of benzene rings is 1. The van der Waals surface area contributed by atoms with E-state index in [1.54, 1.807) is 12.1 Å². The second-order valence-electron chi connectivity index (χ2n) is 9.45. The number of Topliss-reactive ketones (excluding diaryl/α,β-unsaturated/α-hetero) is 1. The summed E-state index contributed by atoms with van der Waals surface area (Å²) in [5, 5.41) is 9.20. The number of carbonyl (C=O) groups excluding carboxylic acids is 2. The van der Waals surface area contributed by atoms with E-state index in [0.717, 1.165) is 48.5 Å². The summed E-state index contributed by atoms with van der Waals surface area (Å²) in [4.78, 5) is 35.2. The van der Waals surface area contributed by atoms with Crippen LogP contribution in [0.2, 0.25) is 0 Å². The van der Waals surface area contributed by atoms with Crippen LogP contribution in [0, 0.1) is 18.3 Å². The predicted molar refractivity (Wildman–Crippen MR) is 141 cm³/mol. The summed E-state index contributed by atoms with van der Waals surface area (Å²) in [6, 6.07) is 13.5. The molecule has 1 aromatic carbocycles. The van der Waals surface area contributed by atoms with Crippen LogP contribution in [-0.2, 0) is 11.2 Å². The van der Waals surface area contributed by atoms with Gasteiger partial charge in [0.05, 0.1) is 34.8 Å². The number of aromatic nitrogens is 2. The number of carbonyl (C=O) groups is 2. The van der Waals surface area contributed by atoms with E-state index in [-0.39, 0.29) is 11.7 Å². The van der Waals surface area contributed by atoms with Crippen molar-refractivity contribution in [1.82, 2.24) is 19.4 Å². The van der Waals surface area contributed by atoms with Gasteiger partial charge in [0, 0.05) is 36.6 Å². The molecule has 1 aliphatic rings. The second-order valence-corrected chi connectivity index (χ2v) is 9.45. The molecular formula is C29H35N5O2. The van der Waals surface area contributed by atoms with Crippen LogP contribution < -0.4 is 0 Å². The number of rotatable bonds is 9. The van der Waals surface area contributed by atoms with E-state index in [1.165, 1.54) is 6.42 Å². The molecule has 3 heterocycles. The van der Waals surface area contributed by atoms with E-state index in [2.05, 4.69) is 15.5 Å². The van der Waals surface area contributed by atoms with E-state index in [0.29, 0.717) is 49.1 Å². The lowest BCUT2D eigenvalue weighted by Gasteiger charge is -2.25. The first kappa shape index (κ1) is 25.6. The molecule has 0 unspecified atom stereocenters. The number of amides is 1. The Labute approximate surface area is 213 Å². The monoisotopic (exact) mass is 485 g/mol. The van der Waals surface area contributed by atoms with Gasteiger partial charge < -0.3 is 9.47 Å². The fourth-order valence-electron chi connectivity index (χ4n) is 5.18. The molecule has 2 aromatic heterocycles. The lowest BCUT2D eigenvalue weighted by Crippen LogP contribution is -2.34. The van der Waals surface area contributed by atoms with Crippen molar-refractivity contribution >= 4 is 22.7 Å². The summed E-state index contributed by atoms with van der Waals surface area (Å²) < 4.78 is 2.05. The summed E-state index contributed by atoms with van der Waals surface area (Å²) in [7, 11) is 0. The molecule has 3 aromatic rings. The van der Waals surface area contributed by atoms with Crippen LogP contribution in [0.1, 0.15) is 66.8 Å². The van der Waals surface area contributed by atoms with Gasteiger partial charge in [-0.25, -0.2) is 0 Å². The largest absolute Gasteiger partial charge is 0.343 e. The van der Waals surface area contributed by atoms with E-state index < -0.39 is 0 Å². The Hall–Kier alpha value is -3.50. The van der Waals surface area contributed by atoms with E-state index in [1.807, 2.05) is 49.9 Å². The Kier molecular flexibility index (Phi) is 8.17. The maximum atomic E-state index is 13.6. The zero-order valence-electron chi connectivity index (χ0n) is 21.6. The summed E-state index contributed by atoms with van der Waals surface area (Å²) in [5.41, 5.74) is 5.33. The fraction of sp³-hybridized carbons (Fsp3) is 0.448. The zero-order chi connectivity index (χ0) is 25.7. The molecule has 7 heteroatoms. The molecule has 188 valence electrons. The summed E-state index contributed by atoms with van der Waals surface area (Å²) >= 11 is 0. The highest BCUT2D eigenvalue weighted by atomic mass is 16.2. The number of ketones is 1. The predicted octanol–water partition coefficient (Wildman–Crippen LogP) is 4.68. The maximum Gasteiger partial charge on any atom is 0.222 e. The number of pyridine rings is 1. The van der Waals surface area contributed by atoms with Gasteiger partial charge in [-0.05, 0) is 89.5 Å². The number of aryl methyl sites for hydroxylation is 1. The molecule has 0 aliphatic carbocycles. The number of hydrogen-bond donors (Lipinski definition) is 0. The van der Waals surface area contributed by atoms with Gasteiger partial charge in [0.15, 0.2) is 5.78 Å². The lowest BCUT2D eigenvalue weighted by molar-refractivity contribution is -0.130. The Balaban J connectivity index is 1.73. The molecule has 0 N–H and O–H groups in total. The summed E-state index contributed by atoms with van der Waals surface area (Å²) in [6.45, 7) is 9.62. The van der Waals surface area contributed by atoms with Gasteiger partial charge in [-0.2, -0.15) is 5.26 Å². The molecule has 1 saturated heterocycles. The molecule has 0 spiro atoms. The minimum Gasteiger partial charge on any atom is -0.343 e. The van der Waals surface area contributed by atoms with Gasteiger partial charge in [-0.3, -0.25) is 19.5 Å². The van der Waals surface area contributed by atoms with Crippen LogP contribution in [-0.4, -0.2) is 63.8 Å². The van der Waals surface area contributed by atoms with Crippen LogP contribution in [0.3, 0.4) is 0 Å². The van der Waals surface area contributed by atoms with Crippen molar-refractivity contribution in [3.8, 4) is 11.8 Å². The minimum atomic E-state index is 0.0793. The van der Waals surface area contributed by atoms with Crippen LogP contribution in [0.5, 0.6) is 0 Å². The number of fused-ring (bicyclic) bond motifs is 1. The van der Waals surface area contributed by atoms with E-state index in [9.17, 15) is 14.9 Å². The molecule has 7 nitrogen and oxygen atoms in total. The number of nitrogens with zero attached hydrogens (tertiary/aromatic N) is 5. The summed E-state index contributed by atoms with van der Waals surface area (Å²) in [6.07, 6.45) is 4.40. The molecular weight excluding hydrogens is 450 g/mol. The molecule has 36 heavy (non-hydrogen) atoms. The van der Waals surface area contributed by atoms with Crippen molar-refractivity contribution in [2.45, 2.75) is 52.9 Å². The van der Waals surface area contributed by atoms with Crippen molar-refractivity contribution in [2.75, 3.05) is 32.7 Å². The quantitative estimate of drug-likeness (QED) is 0.411. The van der Waals surface area contributed by atoms with Crippen LogP contribution in [0.15, 0.2) is 36.4 Å². The fourth-order valence-corrected chi connectivity index (χ4v) is 5.18. The summed E-state index contributed by atoms with van der Waals surface area (Å²) in [5.74, 6) is 0.199. The first-order chi connectivity index (χ1) is 17.5. The Morgan fingerprint density at radius 1 is 1.03 bits per heavy atom. The minimum absolute atomic E-state index is 0.0793. The Morgan fingerprint density at radius 2 is 1.72 bits per heavy atom. The van der Waals surface area contributed by atoms with Crippen molar-refractivity contribution in [3.05, 3.63) is 58.9 Å². The topological polar surface area (TPSA) is 82.2 Å². The van der Waals surface area contributed by atoms with Gasteiger partial charge in [-0.1, -0.05) is 6.42 Å². The first-order valence-corrected chi connectivity index (χ1v) is 13.0.